The molecule has 4 aromatic heterocycles. The number of aryl methyl sites for hydroxylation is 1. The molecule has 0 spiro atoms. The third-order valence-electron chi connectivity index (χ3n) is 7.13. The molecule has 0 amide bonds. The van der Waals surface area contributed by atoms with Crippen molar-refractivity contribution < 1.29 is 9.53 Å². The van der Waals surface area contributed by atoms with E-state index in [1.165, 1.54) is 18.4 Å². The first-order chi connectivity index (χ1) is 17.6. The lowest BCUT2D eigenvalue weighted by atomic mass is 10.0. The molecule has 184 valence electrons. The monoisotopic (exact) mass is 483 g/mol. The molecule has 0 unspecified atom stereocenters. The van der Waals surface area contributed by atoms with Crippen LogP contribution in [0.2, 0.25) is 0 Å². The highest BCUT2D eigenvalue weighted by Crippen LogP contribution is 2.39. The molecule has 0 bridgehead atoms. The minimum atomic E-state index is -0.412. The second-order valence-corrected chi connectivity index (χ2v) is 9.58. The number of pyridine rings is 2. The van der Waals surface area contributed by atoms with Crippen LogP contribution in [0.3, 0.4) is 0 Å². The van der Waals surface area contributed by atoms with Gasteiger partial charge in [0.25, 0.3) is 0 Å². The van der Waals surface area contributed by atoms with Crippen molar-refractivity contribution in [3.63, 3.8) is 0 Å². The molecule has 1 aliphatic heterocycles. The van der Waals surface area contributed by atoms with Crippen LogP contribution in [0.5, 0.6) is 0 Å². The van der Waals surface area contributed by atoms with Gasteiger partial charge in [-0.25, -0.2) is 19.7 Å². The number of esters is 1. The van der Waals surface area contributed by atoms with E-state index in [1.54, 1.807) is 13.0 Å². The quantitative estimate of drug-likeness (QED) is 0.370. The zero-order valence-corrected chi connectivity index (χ0v) is 20.6. The third kappa shape index (κ3) is 4.29. The Morgan fingerprint density at radius 3 is 2.50 bits per heavy atom. The summed E-state index contributed by atoms with van der Waals surface area (Å²) in [5, 5.41) is 5.76. The van der Waals surface area contributed by atoms with E-state index in [0.29, 0.717) is 24.3 Å². The summed E-state index contributed by atoms with van der Waals surface area (Å²) in [7, 11) is 0. The molecule has 5 heterocycles. The Morgan fingerprint density at radius 2 is 1.81 bits per heavy atom. The number of piperidine rings is 1. The van der Waals surface area contributed by atoms with Gasteiger partial charge < -0.3 is 9.64 Å². The van der Waals surface area contributed by atoms with Crippen molar-refractivity contribution in [2.75, 3.05) is 24.6 Å². The molecule has 9 heteroatoms. The summed E-state index contributed by atoms with van der Waals surface area (Å²) in [6, 6.07) is 5.91. The van der Waals surface area contributed by atoms with Crippen molar-refractivity contribution in [1.29, 1.82) is 0 Å². The van der Waals surface area contributed by atoms with Gasteiger partial charge in [-0.1, -0.05) is 0 Å². The molecule has 4 aromatic rings. The lowest BCUT2D eigenvalue weighted by Crippen LogP contribution is -2.36. The fourth-order valence-electron chi connectivity index (χ4n) is 4.97. The number of fused-ring (bicyclic) bond motifs is 1. The second-order valence-electron chi connectivity index (χ2n) is 9.58. The summed E-state index contributed by atoms with van der Waals surface area (Å²) in [6.07, 6.45) is 12.3. The van der Waals surface area contributed by atoms with Crippen molar-refractivity contribution >= 4 is 22.8 Å². The summed E-state index contributed by atoms with van der Waals surface area (Å²) in [4.78, 5) is 32.7. The van der Waals surface area contributed by atoms with Gasteiger partial charge in [0.1, 0.15) is 5.69 Å². The number of carbonyl (C=O) groups excluding carboxylic acids is 1. The van der Waals surface area contributed by atoms with Gasteiger partial charge in [0.05, 0.1) is 36.3 Å². The number of rotatable bonds is 6. The van der Waals surface area contributed by atoms with Crippen LogP contribution in [0.1, 0.15) is 66.3 Å². The maximum Gasteiger partial charge on any atom is 0.356 e. The van der Waals surface area contributed by atoms with E-state index in [9.17, 15) is 4.79 Å². The molecule has 6 rings (SSSR count). The van der Waals surface area contributed by atoms with Gasteiger partial charge in [-0.05, 0) is 69.2 Å². The van der Waals surface area contributed by atoms with E-state index >= 15 is 0 Å². The molecular weight excluding hydrogens is 454 g/mol. The number of ether oxygens (including phenoxy) is 1. The fraction of sp³-hybridized carbons (Fsp3) is 0.407. The minimum Gasteiger partial charge on any atom is -0.461 e. The molecule has 0 aromatic carbocycles. The molecule has 1 saturated carbocycles. The lowest BCUT2D eigenvalue weighted by Gasteiger charge is -2.32. The number of aromatic nitrogens is 6. The molecule has 0 radical (unpaired) electrons. The molecule has 1 aliphatic carbocycles. The first-order valence-corrected chi connectivity index (χ1v) is 12.7. The summed E-state index contributed by atoms with van der Waals surface area (Å²) in [5.74, 6) is 1.09. The van der Waals surface area contributed by atoms with Crippen LogP contribution in [0.4, 0.5) is 5.95 Å². The SMILES string of the molecule is CCOC(=O)c1ccc(-c2cc3cnn(C4CCN(c5ncc(C6CC6)cn5)CC4)c3cn2)c(C)n1. The zero-order chi connectivity index (χ0) is 24.6. The van der Waals surface area contributed by atoms with E-state index in [-0.39, 0.29) is 0 Å². The predicted octanol–water partition coefficient (Wildman–Crippen LogP) is 4.49. The number of anilines is 1. The molecule has 2 fully saturated rings. The van der Waals surface area contributed by atoms with Gasteiger partial charge in [-0.15, -0.1) is 0 Å². The smallest absolute Gasteiger partial charge is 0.356 e. The maximum absolute atomic E-state index is 12.0. The van der Waals surface area contributed by atoms with E-state index in [4.69, 9.17) is 14.8 Å². The largest absolute Gasteiger partial charge is 0.461 e. The Morgan fingerprint density at radius 1 is 1.03 bits per heavy atom. The Bertz CT molecular complexity index is 1400. The van der Waals surface area contributed by atoms with E-state index in [0.717, 1.165) is 59.7 Å². The summed E-state index contributed by atoms with van der Waals surface area (Å²) >= 11 is 0. The highest BCUT2D eigenvalue weighted by atomic mass is 16.5. The molecule has 1 saturated heterocycles. The van der Waals surface area contributed by atoms with Crippen molar-refractivity contribution in [2.45, 2.75) is 51.5 Å². The summed E-state index contributed by atoms with van der Waals surface area (Å²) in [6.45, 7) is 5.79. The predicted molar refractivity (Wildman–Crippen MR) is 136 cm³/mol. The van der Waals surface area contributed by atoms with Gasteiger partial charge in [-0.3, -0.25) is 9.67 Å². The Kier molecular flexibility index (Phi) is 5.83. The van der Waals surface area contributed by atoms with Crippen LogP contribution in [-0.2, 0) is 4.74 Å². The second kappa shape index (κ2) is 9.29. The van der Waals surface area contributed by atoms with E-state index in [2.05, 4.69) is 24.5 Å². The highest BCUT2D eigenvalue weighted by molar-refractivity contribution is 5.88. The Labute approximate surface area is 209 Å². The van der Waals surface area contributed by atoms with E-state index in [1.807, 2.05) is 43.8 Å². The average Bonchev–Trinajstić information content (AvgIpc) is 3.68. The maximum atomic E-state index is 12.0. The third-order valence-corrected chi connectivity index (χ3v) is 7.13. The first kappa shape index (κ1) is 22.6. The summed E-state index contributed by atoms with van der Waals surface area (Å²) < 4.78 is 7.16. The van der Waals surface area contributed by atoms with Crippen LogP contribution in [0, 0.1) is 6.92 Å². The van der Waals surface area contributed by atoms with Crippen molar-refractivity contribution in [2.24, 2.45) is 0 Å². The summed E-state index contributed by atoms with van der Waals surface area (Å²) in [5.41, 5.74) is 5.03. The molecule has 2 aliphatic rings. The molecule has 36 heavy (non-hydrogen) atoms. The Balaban J connectivity index is 1.16. The van der Waals surface area contributed by atoms with Crippen LogP contribution in [0.25, 0.3) is 22.2 Å². The lowest BCUT2D eigenvalue weighted by molar-refractivity contribution is 0.0519. The van der Waals surface area contributed by atoms with Gasteiger partial charge >= 0.3 is 5.97 Å². The Hall–Kier alpha value is -3.88. The number of hydrogen-bond acceptors (Lipinski definition) is 8. The highest BCUT2D eigenvalue weighted by Gasteiger charge is 2.26. The van der Waals surface area contributed by atoms with Gasteiger partial charge in [0, 0.05) is 42.1 Å². The minimum absolute atomic E-state index is 0.308. The zero-order valence-electron chi connectivity index (χ0n) is 20.6. The molecule has 0 atom stereocenters. The normalized spacial score (nSPS) is 16.4. The number of carbonyl (C=O) groups is 1. The molecular formula is C27H29N7O2. The standard InChI is InChI=1S/C27H29N7O2/c1-3-36-26(35)23-7-6-22(17(2)32-23)24-12-19-15-31-34(25(19)16-28-24)21-8-10-33(11-9-21)27-29-13-20(14-30-27)18-4-5-18/h6-7,12-16,18,21H,3-5,8-11H2,1-2H3. The van der Waals surface area contributed by atoms with Gasteiger partial charge in [0.15, 0.2) is 0 Å². The molecule has 0 N–H and O–H groups in total. The van der Waals surface area contributed by atoms with Crippen LogP contribution < -0.4 is 4.90 Å². The number of hydrogen-bond donors (Lipinski definition) is 0. The van der Waals surface area contributed by atoms with Crippen molar-refractivity contribution in [3.8, 4) is 11.3 Å². The van der Waals surface area contributed by atoms with Crippen molar-refractivity contribution in [3.05, 3.63) is 59.9 Å². The van der Waals surface area contributed by atoms with Crippen LogP contribution in [0.15, 0.2) is 43.0 Å². The van der Waals surface area contributed by atoms with Crippen LogP contribution >= 0.6 is 0 Å². The molecule has 9 nitrogen and oxygen atoms in total. The van der Waals surface area contributed by atoms with E-state index < -0.39 is 5.97 Å². The van der Waals surface area contributed by atoms with Crippen LogP contribution in [-0.4, -0.2) is 55.4 Å². The van der Waals surface area contributed by atoms with Gasteiger partial charge in [-0.2, -0.15) is 5.10 Å². The fourth-order valence-corrected chi connectivity index (χ4v) is 4.97. The first-order valence-electron chi connectivity index (χ1n) is 12.7. The van der Waals surface area contributed by atoms with Crippen molar-refractivity contribution in [1.82, 2.24) is 29.7 Å². The average molecular weight is 484 g/mol. The van der Waals surface area contributed by atoms with Gasteiger partial charge in [0.2, 0.25) is 5.95 Å². The number of nitrogens with zero attached hydrogens (tertiary/aromatic N) is 7. The topological polar surface area (TPSA) is 98.9 Å².